The number of aryl methyl sites for hydroxylation is 4. The fourth-order valence-electron chi connectivity index (χ4n) is 14.2. The molecule has 93 heavy (non-hydrogen) atoms. The molecule has 0 bridgehead atoms. The summed E-state index contributed by atoms with van der Waals surface area (Å²) < 4.78 is 0. The molecule has 0 aliphatic heterocycles. The van der Waals surface area contributed by atoms with Gasteiger partial charge in [-0.05, 0) is 177 Å². The SMILES string of the molecule is CC(=O)O.CC(=O)O.CN(C)c1cccc(N(C)C)c1-c1ccccc1P(C1CCCCC1)C1CCCCC1.Cc1cc(C)cc(-c2nccc3cc(CC4(C)CCCC4)ccc23)c1.Cc1cc(C)cc(-c2nccc3cc(Cl)ccc23)c1.[CH2-]C1(C)CCCC1.[Pd].[Zn+][I]. The van der Waals surface area contributed by atoms with Gasteiger partial charge < -0.3 is 26.9 Å². The van der Waals surface area contributed by atoms with E-state index in [4.69, 9.17) is 36.4 Å². The first-order valence-electron chi connectivity index (χ1n) is 33.4. The summed E-state index contributed by atoms with van der Waals surface area (Å²) in [5.41, 5.74) is 19.4. The van der Waals surface area contributed by atoms with Crippen molar-refractivity contribution >= 4 is 89.4 Å². The van der Waals surface area contributed by atoms with Crippen molar-refractivity contribution in [3.8, 4) is 33.6 Å². The van der Waals surface area contributed by atoms with E-state index < -0.39 is 11.9 Å². The Morgan fingerprint density at radius 2 is 0.978 bits per heavy atom. The van der Waals surface area contributed by atoms with Gasteiger partial charge in [0.05, 0.1) is 11.4 Å². The average molecular weight is 1550 g/mol. The molecular weight excluding hydrogens is 1450 g/mol. The fourth-order valence-corrected chi connectivity index (χ4v) is 18.3. The van der Waals surface area contributed by atoms with Crippen LogP contribution in [0, 0.1) is 45.4 Å². The van der Waals surface area contributed by atoms with Gasteiger partial charge in [-0.1, -0.05) is 199 Å². The molecule has 0 amide bonds. The van der Waals surface area contributed by atoms with Gasteiger partial charge in [0.2, 0.25) is 0 Å². The van der Waals surface area contributed by atoms with Crippen molar-refractivity contribution in [2.45, 2.75) is 189 Å². The summed E-state index contributed by atoms with van der Waals surface area (Å²) >= 11 is 9.67. The molecule has 8 nitrogen and oxygen atoms in total. The minimum atomic E-state index is -0.833. The van der Waals surface area contributed by atoms with Gasteiger partial charge in [-0.3, -0.25) is 19.6 Å². The molecule has 13 heteroatoms. The van der Waals surface area contributed by atoms with Gasteiger partial charge in [0, 0.05) is 119 Å². The summed E-state index contributed by atoms with van der Waals surface area (Å²) in [6.07, 6.45) is 30.5. The molecule has 0 radical (unpaired) electrons. The predicted octanol–water partition coefficient (Wildman–Crippen LogP) is 22.5. The molecule has 4 saturated carbocycles. The molecule has 8 aromatic rings. The molecule has 2 heterocycles. The molecule has 0 saturated heterocycles. The molecule has 4 aliphatic rings. The zero-order chi connectivity index (χ0) is 67.1. The summed E-state index contributed by atoms with van der Waals surface area (Å²) in [5, 5.41) is 22.1. The quantitative estimate of drug-likeness (QED) is 0.0604. The van der Waals surface area contributed by atoms with Gasteiger partial charge in [0.15, 0.2) is 0 Å². The Morgan fingerprint density at radius 3 is 1.40 bits per heavy atom. The van der Waals surface area contributed by atoms with Gasteiger partial charge in [-0.15, -0.1) is 0 Å². The Morgan fingerprint density at radius 1 is 0.570 bits per heavy atom. The Labute approximate surface area is 600 Å². The summed E-state index contributed by atoms with van der Waals surface area (Å²) in [4.78, 5) is 31.8. The Balaban J connectivity index is 0.000000227. The van der Waals surface area contributed by atoms with Crippen molar-refractivity contribution in [3.63, 3.8) is 0 Å². The van der Waals surface area contributed by atoms with Crippen LogP contribution < -0.4 is 15.1 Å². The van der Waals surface area contributed by atoms with Crippen LogP contribution in [0.3, 0.4) is 0 Å². The van der Waals surface area contributed by atoms with Crippen LogP contribution in [0.5, 0.6) is 0 Å². The summed E-state index contributed by atoms with van der Waals surface area (Å²) in [6, 6.07) is 46.6. The molecule has 0 atom stereocenters. The molecule has 0 spiro atoms. The number of halogens is 2. The Hall–Kier alpha value is -4.58. The maximum absolute atomic E-state index is 9.00. The molecule has 0 unspecified atom stereocenters. The van der Waals surface area contributed by atoms with Gasteiger partial charge >= 0.3 is 34.5 Å². The van der Waals surface area contributed by atoms with E-state index in [1.165, 1.54) is 203 Å². The Bertz CT molecular complexity index is 3540. The van der Waals surface area contributed by atoms with E-state index in [9.17, 15) is 0 Å². The van der Waals surface area contributed by atoms with Gasteiger partial charge in [-0.25, -0.2) is 0 Å². The number of hydrogen-bond donors (Lipinski definition) is 2. The van der Waals surface area contributed by atoms with E-state index >= 15 is 0 Å². The van der Waals surface area contributed by atoms with E-state index in [-0.39, 0.29) is 28.3 Å². The van der Waals surface area contributed by atoms with Gasteiger partial charge in [0.25, 0.3) is 11.9 Å². The van der Waals surface area contributed by atoms with E-state index in [1.807, 2.05) is 36.7 Å². The molecular formula is C80H103ClIN4O4PPdZn. The van der Waals surface area contributed by atoms with E-state index in [0.717, 1.165) is 57.9 Å². The fraction of sp³-hybridized carbons (Fsp3) is 0.438. The first-order valence-corrected chi connectivity index (χ1v) is 44.3. The normalized spacial score (nSPS) is 15.5. The maximum atomic E-state index is 9.00. The molecule has 12 rings (SSSR count). The molecule has 2 N–H and O–H groups in total. The van der Waals surface area contributed by atoms with Crippen LogP contribution >= 0.6 is 39.3 Å². The summed E-state index contributed by atoms with van der Waals surface area (Å²) in [5.74, 6) is -1.67. The zero-order valence-electron chi connectivity index (χ0n) is 57.8. The molecule has 4 aliphatic carbocycles. The molecule has 2 aromatic heterocycles. The summed E-state index contributed by atoms with van der Waals surface area (Å²) in [6.45, 7) is 19.5. The van der Waals surface area contributed by atoms with Crippen LogP contribution in [0.25, 0.3) is 55.2 Å². The van der Waals surface area contributed by atoms with Crippen molar-refractivity contribution in [1.82, 2.24) is 9.97 Å². The minimum absolute atomic E-state index is 0. The molecule has 4 fully saturated rings. The summed E-state index contributed by atoms with van der Waals surface area (Å²) in [7, 11) is 8.61. The van der Waals surface area contributed by atoms with Crippen molar-refractivity contribution < 1.29 is 55.0 Å². The van der Waals surface area contributed by atoms with E-state index in [2.05, 4.69) is 214 Å². The van der Waals surface area contributed by atoms with E-state index in [1.54, 1.807) is 5.30 Å². The number of fused-ring (bicyclic) bond motifs is 2. The molecule has 498 valence electrons. The van der Waals surface area contributed by atoms with Crippen LogP contribution in [-0.4, -0.2) is 71.6 Å². The van der Waals surface area contributed by atoms with Crippen LogP contribution in [0.4, 0.5) is 11.4 Å². The number of pyridine rings is 2. The third-order valence-corrected chi connectivity index (χ3v) is 22.0. The predicted molar refractivity (Wildman–Crippen MR) is 402 cm³/mol. The second kappa shape index (κ2) is 39.0. The number of hydrogen-bond acceptors (Lipinski definition) is 6. The standard InChI is InChI=1S/C28H41N2P.C24H27N.C17H14ClN.C7H13.2C2H4O2.HI.Pd.Zn/c1-29(2)25-19-13-20-26(30(3)4)28(25)24-18-11-12-21-27(24)31(22-14-7-5-8-15-22)23-16-9-6-10-17-23;1-17-12-18(2)14-21(13-17)23-22-7-6-19(15-20(22)8-11-25-23)16-24(3)9-4-5-10-24;1-11-7-12(2)9-14(8-11)17-16-4-3-15(18)10-13(16)5-6-19-17;1-7(2)5-3-4-6-7;2*1-2(3)4;;;/h11-13,18-23H,5-10,14-17H2,1-4H3;6-8,11-15H,4-5,9-10,16H2,1-3H3;3-10H,1-2H3;1,3-6H2,2H3;2*1H3,(H,3,4);1H;;/q;;;-1;;;;;+2/p-1. The average Bonchev–Trinajstić information content (AvgIpc) is 0.894. The second-order valence-corrected chi connectivity index (χ2v) is 30.4. The monoisotopic (exact) mass is 1550 g/mol. The van der Waals surface area contributed by atoms with Crippen molar-refractivity contribution in [2.24, 2.45) is 10.8 Å². The number of benzene rings is 6. The topological polar surface area (TPSA) is 107 Å². The molecule has 6 aromatic carbocycles. The first kappa shape index (κ1) is 79.1. The van der Waals surface area contributed by atoms with Gasteiger partial charge in [-0.2, -0.15) is 5.41 Å². The number of rotatable bonds is 10. The number of aromatic nitrogens is 2. The number of carboxylic acid groups (broad SMARTS) is 2. The van der Waals surface area contributed by atoms with Crippen LogP contribution in [0.1, 0.15) is 171 Å². The number of nitrogens with zero attached hydrogens (tertiary/aromatic N) is 4. The van der Waals surface area contributed by atoms with Crippen LogP contribution in [0.15, 0.2) is 140 Å². The third-order valence-electron chi connectivity index (χ3n) is 18.2. The van der Waals surface area contributed by atoms with Crippen molar-refractivity contribution in [3.05, 3.63) is 180 Å². The van der Waals surface area contributed by atoms with E-state index in [0.29, 0.717) is 10.8 Å². The van der Waals surface area contributed by atoms with Crippen LogP contribution in [-0.2, 0) is 51.2 Å². The number of carboxylic acids is 2. The number of carbonyl (C=O) groups is 2. The van der Waals surface area contributed by atoms with Crippen molar-refractivity contribution in [1.29, 1.82) is 0 Å². The van der Waals surface area contributed by atoms with Crippen molar-refractivity contribution in [2.75, 3.05) is 38.0 Å². The van der Waals surface area contributed by atoms with Gasteiger partial charge in [0.1, 0.15) is 0 Å². The number of anilines is 2. The third kappa shape index (κ3) is 24.5. The number of aliphatic carboxylic acids is 2. The second-order valence-electron chi connectivity index (χ2n) is 27.2. The van der Waals surface area contributed by atoms with Crippen LogP contribution in [0.2, 0.25) is 5.02 Å². The Kier molecular flexibility index (Phi) is 33.2. The zero-order valence-corrected chi connectivity index (χ0v) is 66.1. The first-order chi connectivity index (χ1) is 43.9.